The lowest BCUT2D eigenvalue weighted by Crippen LogP contribution is -2.00. The molecule has 0 aliphatic heterocycles. The van der Waals surface area contributed by atoms with Crippen molar-refractivity contribution in [2.45, 2.75) is 6.92 Å². The second-order valence-electron chi connectivity index (χ2n) is 5.30. The van der Waals surface area contributed by atoms with Crippen LogP contribution in [0, 0.1) is 17.0 Å². The maximum Gasteiger partial charge on any atom is 0.274 e. The average Bonchev–Trinajstić information content (AvgIpc) is 2.62. The number of methoxy groups -OCH3 is 2. The molecule has 0 aliphatic rings. The van der Waals surface area contributed by atoms with Crippen molar-refractivity contribution in [1.29, 1.82) is 0 Å². The Labute approximate surface area is 143 Å². The number of nitrogens with zero attached hydrogens (tertiary/aromatic N) is 3. The zero-order valence-electron chi connectivity index (χ0n) is 13.9. The highest BCUT2D eigenvalue weighted by molar-refractivity contribution is 5.95. The Kier molecular flexibility index (Phi) is 4.34. The maximum atomic E-state index is 11.1. The Bertz CT molecular complexity index is 959. The van der Waals surface area contributed by atoms with E-state index in [9.17, 15) is 10.1 Å². The van der Waals surface area contributed by atoms with Crippen molar-refractivity contribution in [3.63, 3.8) is 0 Å². The lowest BCUT2D eigenvalue weighted by atomic mass is 10.1. The molecular weight excluding hydrogens is 324 g/mol. The van der Waals surface area contributed by atoms with Gasteiger partial charge in [-0.25, -0.2) is 9.97 Å². The Morgan fingerprint density at radius 3 is 2.60 bits per heavy atom. The summed E-state index contributed by atoms with van der Waals surface area (Å²) in [7, 11) is 3.09. The third-order valence-electron chi connectivity index (χ3n) is 3.82. The van der Waals surface area contributed by atoms with Crippen LogP contribution in [0.2, 0.25) is 0 Å². The standard InChI is InChI=1S/C17H16N4O4/c1-10-4-5-11(8-13(10)21(22)23)20-17-12-6-7-14(24-2)16(25-3)15(12)18-9-19-17/h4-9H,1-3H3,(H,18,19,20). The highest BCUT2D eigenvalue weighted by Crippen LogP contribution is 2.36. The van der Waals surface area contributed by atoms with Gasteiger partial charge in [-0.05, 0) is 25.1 Å². The van der Waals surface area contributed by atoms with Crippen LogP contribution in [0.1, 0.15) is 5.56 Å². The van der Waals surface area contributed by atoms with Crippen LogP contribution in [-0.4, -0.2) is 29.1 Å². The monoisotopic (exact) mass is 340 g/mol. The molecule has 8 nitrogen and oxygen atoms in total. The second kappa shape index (κ2) is 6.60. The largest absolute Gasteiger partial charge is 0.493 e. The minimum atomic E-state index is -0.410. The van der Waals surface area contributed by atoms with Gasteiger partial charge in [0.2, 0.25) is 0 Å². The molecule has 0 saturated heterocycles. The van der Waals surface area contributed by atoms with Crippen molar-refractivity contribution >= 4 is 28.1 Å². The molecule has 0 fully saturated rings. The average molecular weight is 340 g/mol. The zero-order chi connectivity index (χ0) is 18.0. The molecule has 0 bridgehead atoms. The minimum Gasteiger partial charge on any atom is -0.493 e. The summed E-state index contributed by atoms with van der Waals surface area (Å²) in [6.07, 6.45) is 1.40. The number of aromatic nitrogens is 2. The number of aryl methyl sites for hydroxylation is 1. The maximum absolute atomic E-state index is 11.1. The van der Waals surface area contributed by atoms with Crippen LogP contribution in [0.4, 0.5) is 17.2 Å². The zero-order valence-corrected chi connectivity index (χ0v) is 13.9. The quantitative estimate of drug-likeness (QED) is 0.559. The van der Waals surface area contributed by atoms with Crippen molar-refractivity contribution < 1.29 is 14.4 Å². The van der Waals surface area contributed by atoms with Crippen LogP contribution in [0.15, 0.2) is 36.7 Å². The van der Waals surface area contributed by atoms with E-state index in [-0.39, 0.29) is 5.69 Å². The molecule has 2 aromatic carbocycles. The van der Waals surface area contributed by atoms with Crippen molar-refractivity contribution in [3.8, 4) is 11.5 Å². The Morgan fingerprint density at radius 2 is 1.92 bits per heavy atom. The Hall–Kier alpha value is -3.42. The number of rotatable bonds is 5. The van der Waals surface area contributed by atoms with E-state index >= 15 is 0 Å². The van der Waals surface area contributed by atoms with E-state index in [0.717, 1.165) is 0 Å². The van der Waals surface area contributed by atoms with Crippen LogP contribution in [0.5, 0.6) is 11.5 Å². The van der Waals surface area contributed by atoms with E-state index in [0.29, 0.717) is 39.5 Å². The van der Waals surface area contributed by atoms with Crippen LogP contribution in [-0.2, 0) is 0 Å². The van der Waals surface area contributed by atoms with Gasteiger partial charge in [0.15, 0.2) is 11.5 Å². The van der Waals surface area contributed by atoms with E-state index in [4.69, 9.17) is 9.47 Å². The number of anilines is 2. The van der Waals surface area contributed by atoms with E-state index < -0.39 is 4.92 Å². The third-order valence-corrected chi connectivity index (χ3v) is 3.82. The van der Waals surface area contributed by atoms with Gasteiger partial charge >= 0.3 is 0 Å². The molecule has 1 aromatic heterocycles. The van der Waals surface area contributed by atoms with Crippen molar-refractivity contribution in [2.24, 2.45) is 0 Å². The minimum absolute atomic E-state index is 0.0441. The summed E-state index contributed by atoms with van der Waals surface area (Å²) in [5, 5.41) is 14.9. The van der Waals surface area contributed by atoms with Gasteiger partial charge in [0.1, 0.15) is 17.7 Å². The lowest BCUT2D eigenvalue weighted by molar-refractivity contribution is -0.385. The van der Waals surface area contributed by atoms with Gasteiger partial charge in [-0.3, -0.25) is 10.1 Å². The topological polar surface area (TPSA) is 99.4 Å². The van der Waals surface area contributed by atoms with Gasteiger partial charge < -0.3 is 14.8 Å². The Balaban J connectivity index is 2.08. The van der Waals surface area contributed by atoms with E-state index in [1.54, 1.807) is 32.2 Å². The number of fused-ring (bicyclic) bond motifs is 1. The first-order chi connectivity index (χ1) is 12.0. The molecule has 1 N–H and O–H groups in total. The summed E-state index contributed by atoms with van der Waals surface area (Å²) < 4.78 is 10.7. The van der Waals surface area contributed by atoms with Gasteiger partial charge in [-0.1, -0.05) is 6.07 Å². The summed E-state index contributed by atoms with van der Waals surface area (Å²) in [5.74, 6) is 1.58. The molecule has 3 aromatic rings. The van der Waals surface area contributed by atoms with Gasteiger partial charge in [0.25, 0.3) is 5.69 Å². The molecule has 128 valence electrons. The molecule has 0 aliphatic carbocycles. The number of ether oxygens (including phenoxy) is 2. The highest BCUT2D eigenvalue weighted by atomic mass is 16.6. The first kappa shape index (κ1) is 16.4. The highest BCUT2D eigenvalue weighted by Gasteiger charge is 2.15. The number of hydrogen-bond donors (Lipinski definition) is 1. The first-order valence-electron chi connectivity index (χ1n) is 7.43. The normalized spacial score (nSPS) is 10.5. The molecule has 0 radical (unpaired) electrons. The molecule has 3 rings (SSSR count). The molecule has 0 saturated carbocycles. The van der Waals surface area contributed by atoms with Gasteiger partial charge in [-0.15, -0.1) is 0 Å². The molecule has 0 atom stereocenters. The van der Waals surface area contributed by atoms with Gasteiger partial charge in [0, 0.05) is 22.7 Å². The second-order valence-corrected chi connectivity index (χ2v) is 5.30. The molecule has 0 unspecified atom stereocenters. The van der Waals surface area contributed by atoms with E-state index in [1.807, 2.05) is 6.07 Å². The fourth-order valence-corrected chi connectivity index (χ4v) is 2.56. The predicted octanol–water partition coefficient (Wildman–Crippen LogP) is 3.61. The van der Waals surface area contributed by atoms with Crippen LogP contribution in [0.3, 0.4) is 0 Å². The summed E-state index contributed by atoms with van der Waals surface area (Å²) in [4.78, 5) is 19.2. The SMILES string of the molecule is COc1ccc2c(Nc3ccc(C)c([N+](=O)[O-])c3)ncnc2c1OC. The third kappa shape index (κ3) is 3.01. The molecule has 1 heterocycles. The first-order valence-corrected chi connectivity index (χ1v) is 7.43. The number of hydrogen-bond acceptors (Lipinski definition) is 7. The van der Waals surface area contributed by atoms with Crippen molar-refractivity contribution in [3.05, 3.63) is 52.3 Å². The lowest BCUT2D eigenvalue weighted by Gasteiger charge is -2.13. The van der Waals surface area contributed by atoms with Gasteiger partial charge in [0.05, 0.1) is 19.1 Å². The molecule has 25 heavy (non-hydrogen) atoms. The summed E-state index contributed by atoms with van der Waals surface area (Å²) in [6.45, 7) is 1.69. The van der Waals surface area contributed by atoms with E-state index in [2.05, 4.69) is 15.3 Å². The molecule has 8 heteroatoms. The van der Waals surface area contributed by atoms with Crippen LogP contribution >= 0.6 is 0 Å². The number of nitro groups is 1. The summed E-state index contributed by atoms with van der Waals surface area (Å²) in [5.41, 5.74) is 1.78. The number of nitro benzene ring substituents is 1. The predicted molar refractivity (Wildman–Crippen MR) is 93.8 cm³/mol. The molecule has 0 spiro atoms. The number of nitrogens with one attached hydrogen (secondary N) is 1. The van der Waals surface area contributed by atoms with Crippen LogP contribution in [0.25, 0.3) is 10.9 Å². The Morgan fingerprint density at radius 1 is 1.12 bits per heavy atom. The smallest absolute Gasteiger partial charge is 0.274 e. The van der Waals surface area contributed by atoms with Crippen molar-refractivity contribution in [2.75, 3.05) is 19.5 Å². The van der Waals surface area contributed by atoms with Crippen LogP contribution < -0.4 is 14.8 Å². The van der Waals surface area contributed by atoms with Gasteiger partial charge in [-0.2, -0.15) is 0 Å². The fraction of sp³-hybridized carbons (Fsp3) is 0.176. The molecular formula is C17H16N4O4. The summed E-state index contributed by atoms with van der Waals surface area (Å²) >= 11 is 0. The summed E-state index contributed by atoms with van der Waals surface area (Å²) in [6, 6.07) is 8.49. The van der Waals surface area contributed by atoms with Crippen molar-refractivity contribution in [1.82, 2.24) is 9.97 Å². The fourth-order valence-electron chi connectivity index (χ4n) is 2.56. The molecule has 0 amide bonds. The number of benzene rings is 2. The van der Waals surface area contributed by atoms with E-state index in [1.165, 1.54) is 19.5 Å².